The van der Waals surface area contributed by atoms with Gasteiger partial charge in [0.2, 0.25) is 11.1 Å². The lowest BCUT2D eigenvalue weighted by molar-refractivity contribution is -0.115. The minimum Gasteiger partial charge on any atom is -0.325 e. The lowest BCUT2D eigenvalue weighted by atomic mass is 9.97. The maximum Gasteiger partial charge on any atom is 0.237 e. The van der Waals surface area contributed by atoms with Crippen LogP contribution in [0.2, 0.25) is 0 Å². The van der Waals surface area contributed by atoms with E-state index in [0.29, 0.717) is 11.1 Å². The number of rotatable bonds is 7. The van der Waals surface area contributed by atoms with Gasteiger partial charge in [-0.15, -0.1) is 5.10 Å². The Hall–Kier alpha value is -2.67. The zero-order chi connectivity index (χ0) is 19.2. The summed E-state index contributed by atoms with van der Waals surface area (Å²) in [6.45, 7) is 6.16. The van der Waals surface area contributed by atoms with Crippen molar-refractivity contribution >= 4 is 23.4 Å². The first kappa shape index (κ1) is 19.1. The topological polar surface area (TPSA) is 72.7 Å². The van der Waals surface area contributed by atoms with Crippen molar-refractivity contribution in [1.82, 2.24) is 20.2 Å². The summed E-state index contributed by atoms with van der Waals surface area (Å²) in [5.41, 5.74) is 2.88. The number of tetrazole rings is 1. The first-order valence-corrected chi connectivity index (χ1v) is 9.88. The zero-order valence-corrected chi connectivity index (χ0v) is 16.5. The van der Waals surface area contributed by atoms with Crippen LogP contribution < -0.4 is 5.32 Å². The molecule has 1 aromatic heterocycles. The molecule has 3 rings (SSSR count). The van der Waals surface area contributed by atoms with Crippen molar-refractivity contribution in [3.63, 3.8) is 0 Å². The van der Waals surface area contributed by atoms with Gasteiger partial charge in [-0.05, 0) is 53.5 Å². The van der Waals surface area contributed by atoms with Crippen LogP contribution >= 0.6 is 11.8 Å². The molecule has 0 aliphatic heterocycles. The number of benzene rings is 2. The normalized spacial score (nSPS) is 13.1. The van der Waals surface area contributed by atoms with E-state index in [4.69, 9.17) is 0 Å². The number of carbonyl (C=O) groups is 1. The molecule has 2 unspecified atom stereocenters. The van der Waals surface area contributed by atoms with Gasteiger partial charge in [-0.2, -0.15) is 4.68 Å². The van der Waals surface area contributed by atoms with E-state index < -0.39 is 0 Å². The molecule has 0 aliphatic carbocycles. The number of hydrogen-bond donors (Lipinski definition) is 1. The van der Waals surface area contributed by atoms with Gasteiger partial charge in [-0.1, -0.05) is 62.0 Å². The third kappa shape index (κ3) is 4.54. The summed E-state index contributed by atoms with van der Waals surface area (Å²) >= 11 is 1.33. The molecule has 1 N–H and O–H groups in total. The van der Waals surface area contributed by atoms with Crippen molar-refractivity contribution in [2.24, 2.45) is 0 Å². The molecule has 0 radical (unpaired) electrons. The van der Waals surface area contributed by atoms with Crippen molar-refractivity contribution in [2.45, 2.75) is 43.5 Å². The molecule has 7 heteroatoms. The van der Waals surface area contributed by atoms with Crippen LogP contribution in [0.15, 0.2) is 59.8 Å². The Balaban J connectivity index is 1.72. The summed E-state index contributed by atoms with van der Waals surface area (Å²) in [7, 11) is 0. The minimum atomic E-state index is -0.344. The number of aromatic nitrogens is 4. The van der Waals surface area contributed by atoms with Gasteiger partial charge in [0.25, 0.3) is 0 Å². The highest BCUT2D eigenvalue weighted by atomic mass is 32.2. The maximum atomic E-state index is 12.7. The first-order valence-electron chi connectivity index (χ1n) is 9.00. The average molecular weight is 382 g/mol. The predicted octanol–water partition coefficient (Wildman–Crippen LogP) is 4.30. The van der Waals surface area contributed by atoms with Crippen LogP contribution in [-0.2, 0) is 4.79 Å². The van der Waals surface area contributed by atoms with Crippen LogP contribution in [-0.4, -0.2) is 31.4 Å². The second kappa shape index (κ2) is 8.81. The molecule has 6 nitrogen and oxygen atoms in total. The summed E-state index contributed by atoms with van der Waals surface area (Å²) in [5, 5.41) is 15.2. The van der Waals surface area contributed by atoms with Gasteiger partial charge in [0.15, 0.2) is 0 Å². The average Bonchev–Trinajstić information content (AvgIpc) is 3.16. The second-order valence-electron chi connectivity index (χ2n) is 6.35. The van der Waals surface area contributed by atoms with Crippen molar-refractivity contribution < 1.29 is 4.79 Å². The molecule has 0 fully saturated rings. The maximum absolute atomic E-state index is 12.7. The predicted molar refractivity (Wildman–Crippen MR) is 108 cm³/mol. The number of nitrogens with zero attached hydrogens (tertiary/aromatic N) is 4. The number of nitrogens with one attached hydrogen (secondary N) is 1. The van der Waals surface area contributed by atoms with E-state index >= 15 is 0 Å². The Bertz CT molecular complexity index is 896. The van der Waals surface area contributed by atoms with Crippen LogP contribution in [0.3, 0.4) is 0 Å². The van der Waals surface area contributed by atoms with Crippen LogP contribution in [0.5, 0.6) is 0 Å². The largest absolute Gasteiger partial charge is 0.325 e. The summed E-state index contributed by atoms with van der Waals surface area (Å²) < 4.78 is 1.64. The number of thioether (sulfide) groups is 1. The Labute approximate surface area is 163 Å². The summed E-state index contributed by atoms with van der Waals surface area (Å²) in [6.07, 6.45) is 1.02. The smallest absolute Gasteiger partial charge is 0.237 e. The first-order chi connectivity index (χ1) is 13.1. The molecule has 0 aliphatic rings. The van der Waals surface area contributed by atoms with Gasteiger partial charge < -0.3 is 5.32 Å². The molecule has 2 aromatic carbocycles. The fraction of sp³-hybridized carbons (Fsp3) is 0.300. The Kier molecular flexibility index (Phi) is 6.24. The van der Waals surface area contributed by atoms with Crippen LogP contribution in [0, 0.1) is 0 Å². The number of hydrogen-bond acceptors (Lipinski definition) is 5. The Morgan fingerprint density at radius 3 is 2.56 bits per heavy atom. The summed E-state index contributed by atoms with van der Waals surface area (Å²) in [6, 6.07) is 17.6. The Morgan fingerprint density at radius 1 is 1.11 bits per heavy atom. The van der Waals surface area contributed by atoms with Crippen molar-refractivity contribution in [2.75, 3.05) is 5.32 Å². The molecule has 0 saturated carbocycles. The fourth-order valence-corrected chi connectivity index (χ4v) is 3.50. The van der Waals surface area contributed by atoms with Crippen molar-refractivity contribution in [1.29, 1.82) is 0 Å². The molecule has 1 heterocycles. The van der Waals surface area contributed by atoms with Gasteiger partial charge in [0, 0.05) is 5.69 Å². The molecular weight excluding hydrogens is 358 g/mol. The van der Waals surface area contributed by atoms with Gasteiger partial charge in [0.1, 0.15) is 0 Å². The van der Waals surface area contributed by atoms with Crippen molar-refractivity contribution in [3.8, 4) is 5.69 Å². The van der Waals surface area contributed by atoms with Gasteiger partial charge in [0.05, 0.1) is 10.9 Å². The molecule has 3 aromatic rings. The van der Waals surface area contributed by atoms with Gasteiger partial charge in [-0.3, -0.25) is 4.79 Å². The van der Waals surface area contributed by atoms with E-state index in [9.17, 15) is 4.79 Å². The second-order valence-corrected chi connectivity index (χ2v) is 7.66. The molecule has 2 atom stereocenters. The fourth-order valence-electron chi connectivity index (χ4n) is 2.69. The monoisotopic (exact) mass is 381 g/mol. The minimum absolute atomic E-state index is 0.0710. The van der Waals surface area contributed by atoms with E-state index in [1.807, 2.05) is 55.5 Å². The van der Waals surface area contributed by atoms with E-state index in [1.54, 1.807) is 4.68 Å². The van der Waals surface area contributed by atoms with Crippen LogP contribution in [0.25, 0.3) is 5.69 Å². The molecule has 0 spiro atoms. The molecule has 27 heavy (non-hydrogen) atoms. The highest BCUT2D eigenvalue weighted by molar-refractivity contribution is 8.00. The zero-order valence-electron chi connectivity index (χ0n) is 15.7. The summed E-state index contributed by atoms with van der Waals surface area (Å²) in [5.74, 6) is 0.313. The van der Waals surface area contributed by atoms with Gasteiger partial charge in [-0.25, -0.2) is 0 Å². The van der Waals surface area contributed by atoms with Gasteiger partial charge >= 0.3 is 0 Å². The van der Waals surface area contributed by atoms with Crippen molar-refractivity contribution in [3.05, 3.63) is 60.2 Å². The molecular formula is C20H23N5OS. The third-order valence-corrected chi connectivity index (χ3v) is 5.49. The lowest BCUT2D eigenvalue weighted by Crippen LogP contribution is -2.23. The van der Waals surface area contributed by atoms with Crippen LogP contribution in [0.4, 0.5) is 5.69 Å². The third-order valence-electron chi connectivity index (χ3n) is 4.46. The number of amides is 1. The van der Waals surface area contributed by atoms with Crippen LogP contribution in [0.1, 0.15) is 38.7 Å². The molecule has 1 amide bonds. The SMILES string of the molecule is CCC(C)c1ccccc1NC(=O)C(C)Sc1nnnn1-c1ccccc1. The van der Waals surface area contributed by atoms with E-state index in [0.717, 1.165) is 23.4 Å². The van der Waals surface area contributed by atoms with E-state index in [-0.39, 0.29) is 11.2 Å². The number of carbonyl (C=O) groups excluding carboxylic acids is 1. The highest BCUT2D eigenvalue weighted by Crippen LogP contribution is 2.28. The molecule has 0 saturated heterocycles. The molecule has 140 valence electrons. The highest BCUT2D eigenvalue weighted by Gasteiger charge is 2.20. The summed E-state index contributed by atoms with van der Waals surface area (Å²) in [4.78, 5) is 12.7. The number of anilines is 1. The van der Waals surface area contributed by atoms with E-state index in [2.05, 4.69) is 40.8 Å². The number of para-hydroxylation sites is 2. The Morgan fingerprint density at radius 2 is 1.81 bits per heavy atom. The standard InChI is InChI=1S/C20H23N5OS/c1-4-14(2)17-12-8-9-13-18(17)21-19(26)15(3)27-20-22-23-24-25(20)16-10-6-5-7-11-16/h5-15H,4H2,1-3H3,(H,21,26). The quantitative estimate of drug-likeness (QED) is 0.618. The van der Waals surface area contributed by atoms with E-state index in [1.165, 1.54) is 11.8 Å². The molecule has 0 bridgehead atoms. The lowest BCUT2D eigenvalue weighted by Gasteiger charge is -2.17.